The van der Waals surface area contributed by atoms with Crippen LogP contribution in [0.1, 0.15) is 50.3 Å². The molecule has 21 heavy (non-hydrogen) atoms. The van der Waals surface area contributed by atoms with E-state index in [2.05, 4.69) is 34.4 Å². The van der Waals surface area contributed by atoms with Gasteiger partial charge in [-0.2, -0.15) is 0 Å². The first-order valence-corrected chi connectivity index (χ1v) is 7.31. The van der Waals surface area contributed by atoms with Gasteiger partial charge >= 0.3 is 0 Å². The van der Waals surface area contributed by atoms with Gasteiger partial charge in [0.25, 0.3) is 5.56 Å². The van der Waals surface area contributed by atoms with Crippen LogP contribution in [0.2, 0.25) is 0 Å². The van der Waals surface area contributed by atoms with Crippen molar-refractivity contribution in [3.05, 3.63) is 27.4 Å². The normalized spacial score (nSPS) is 14.0. The summed E-state index contributed by atoms with van der Waals surface area (Å²) in [6, 6.07) is -0.576. The first kappa shape index (κ1) is 17.4. The molecule has 0 aliphatic rings. The summed E-state index contributed by atoms with van der Waals surface area (Å²) >= 11 is 0. The van der Waals surface area contributed by atoms with Crippen molar-refractivity contribution in [2.45, 2.75) is 53.1 Å². The lowest BCUT2D eigenvalue weighted by Crippen LogP contribution is -2.45. The molecule has 2 atom stereocenters. The van der Waals surface area contributed by atoms with Crippen LogP contribution in [-0.2, 0) is 4.79 Å². The van der Waals surface area contributed by atoms with Crippen molar-refractivity contribution in [1.29, 1.82) is 0 Å². The molecule has 1 rings (SSSR count). The number of nitrogens with one attached hydrogen (secondary N) is 3. The summed E-state index contributed by atoms with van der Waals surface area (Å²) < 4.78 is 0. The van der Waals surface area contributed by atoms with Crippen molar-refractivity contribution in [3.63, 3.8) is 0 Å². The molecule has 1 amide bonds. The van der Waals surface area contributed by atoms with Crippen LogP contribution >= 0.6 is 0 Å². The molecule has 0 saturated heterocycles. The molecule has 0 aliphatic heterocycles. The molecule has 118 valence electrons. The number of hydrogen-bond acceptors (Lipinski definition) is 4. The molecule has 1 heterocycles. The lowest BCUT2D eigenvalue weighted by Gasteiger charge is -2.24. The van der Waals surface area contributed by atoms with Gasteiger partial charge in [0.15, 0.2) is 0 Å². The number of carbonyl (C=O) groups excluding carboxylic acids is 1. The number of hydrogen-bond donors (Lipinski definition) is 3. The summed E-state index contributed by atoms with van der Waals surface area (Å²) in [6.07, 6.45) is 0.709. The Morgan fingerprint density at radius 1 is 1.29 bits per heavy atom. The van der Waals surface area contributed by atoms with E-state index in [-0.39, 0.29) is 23.6 Å². The maximum absolute atomic E-state index is 12.1. The first-order valence-electron chi connectivity index (χ1n) is 7.31. The zero-order valence-corrected chi connectivity index (χ0v) is 13.7. The van der Waals surface area contributed by atoms with Crippen LogP contribution in [0, 0.1) is 19.8 Å². The van der Waals surface area contributed by atoms with E-state index in [1.165, 1.54) is 0 Å². The van der Waals surface area contributed by atoms with E-state index in [0.29, 0.717) is 29.4 Å². The summed E-state index contributed by atoms with van der Waals surface area (Å²) in [5.74, 6) is 0.908. The molecule has 0 fully saturated rings. The zero-order valence-electron chi connectivity index (χ0n) is 13.7. The van der Waals surface area contributed by atoms with E-state index in [0.717, 1.165) is 0 Å². The minimum atomic E-state index is -0.329. The number of nitrogens with zero attached hydrogens (tertiary/aromatic N) is 1. The van der Waals surface area contributed by atoms with Gasteiger partial charge in [-0.1, -0.05) is 13.8 Å². The second-order valence-electron chi connectivity index (χ2n) is 5.84. The van der Waals surface area contributed by atoms with Gasteiger partial charge in [0.05, 0.1) is 11.6 Å². The van der Waals surface area contributed by atoms with Crippen LogP contribution in [0.3, 0.4) is 0 Å². The number of H-pyrrole nitrogens is 1. The second-order valence-corrected chi connectivity index (χ2v) is 5.84. The molecule has 0 bridgehead atoms. The van der Waals surface area contributed by atoms with E-state index in [4.69, 9.17) is 0 Å². The molecule has 0 aliphatic carbocycles. The quantitative estimate of drug-likeness (QED) is 0.735. The number of aromatic nitrogens is 2. The second kappa shape index (κ2) is 7.36. The van der Waals surface area contributed by atoms with Crippen molar-refractivity contribution in [2.75, 3.05) is 7.05 Å². The van der Waals surface area contributed by atoms with E-state index in [1.807, 2.05) is 13.8 Å². The highest BCUT2D eigenvalue weighted by molar-refractivity contribution is 5.81. The molecular formula is C15H26N4O2. The minimum Gasteiger partial charge on any atom is -0.358 e. The Morgan fingerprint density at radius 3 is 2.38 bits per heavy atom. The van der Waals surface area contributed by atoms with E-state index >= 15 is 0 Å². The maximum atomic E-state index is 12.1. The van der Waals surface area contributed by atoms with Crippen LogP contribution in [0.4, 0.5) is 0 Å². The summed E-state index contributed by atoms with van der Waals surface area (Å²) in [4.78, 5) is 31.1. The number of amides is 1. The Hall–Kier alpha value is -1.69. The fraction of sp³-hybridized carbons (Fsp3) is 0.667. The Bertz CT molecular complexity index is 551. The number of rotatable bonds is 6. The maximum Gasteiger partial charge on any atom is 0.255 e. The highest BCUT2D eigenvalue weighted by Gasteiger charge is 2.23. The third kappa shape index (κ3) is 4.67. The van der Waals surface area contributed by atoms with Gasteiger partial charge < -0.3 is 10.3 Å². The van der Waals surface area contributed by atoms with E-state index < -0.39 is 0 Å². The highest BCUT2D eigenvalue weighted by Crippen LogP contribution is 2.14. The fourth-order valence-corrected chi connectivity index (χ4v) is 2.53. The number of likely N-dealkylation sites (N-methyl/N-ethyl adjacent to an activating group) is 1. The topological polar surface area (TPSA) is 86.9 Å². The molecule has 0 spiro atoms. The standard InChI is InChI=1S/C15H26N4O2/c1-8(2)7-12(14(20)16-6)18-10(4)13-9(3)17-11(5)19-15(13)21/h8,10,12,18H,7H2,1-6H3,(H,16,20)(H,17,19,21). The summed E-state index contributed by atoms with van der Waals surface area (Å²) in [5, 5.41) is 5.91. The van der Waals surface area contributed by atoms with Gasteiger partial charge in [-0.05, 0) is 33.1 Å². The SMILES string of the molecule is CNC(=O)C(CC(C)C)NC(C)c1c(C)nc(C)[nH]c1=O. The van der Waals surface area contributed by atoms with Crippen molar-refractivity contribution in [2.24, 2.45) is 5.92 Å². The fourth-order valence-electron chi connectivity index (χ4n) is 2.53. The van der Waals surface area contributed by atoms with Crippen molar-refractivity contribution in [3.8, 4) is 0 Å². The molecular weight excluding hydrogens is 268 g/mol. The van der Waals surface area contributed by atoms with Crippen LogP contribution in [-0.4, -0.2) is 29.0 Å². The van der Waals surface area contributed by atoms with Crippen LogP contribution in [0.15, 0.2) is 4.79 Å². The Labute approximate surface area is 125 Å². The first-order chi connectivity index (χ1) is 9.76. The molecule has 2 unspecified atom stereocenters. The third-order valence-electron chi connectivity index (χ3n) is 3.42. The monoisotopic (exact) mass is 294 g/mol. The van der Waals surface area contributed by atoms with Gasteiger partial charge in [-0.15, -0.1) is 0 Å². The highest BCUT2D eigenvalue weighted by atomic mass is 16.2. The Kier molecular flexibility index (Phi) is 6.08. The Balaban J connectivity index is 2.99. The largest absolute Gasteiger partial charge is 0.358 e. The number of aryl methyl sites for hydroxylation is 2. The number of carbonyl (C=O) groups is 1. The molecule has 1 aromatic heterocycles. The van der Waals surface area contributed by atoms with Crippen LogP contribution in [0.25, 0.3) is 0 Å². The lowest BCUT2D eigenvalue weighted by atomic mass is 10.0. The van der Waals surface area contributed by atoms with Gasteiger partial charge in [-0.3, -0.25) is 14.9 Å². The van der Waals surface area contributed by atoms with E-state index in [1.54, 1.807) is 14.0 Å². The molecule has 0 aromatic carbocycles. The smallest absolute Gasteiger partial charge is 0.255 e. The molecule has 6 nitrogen and oxygen atoms in total. The van der Waals surface area contributed by atoms with Gasteiger partial charge in [-0.25, -0.2) is 4.98 Å². The zero-order chi connectivity index (χ0) is 16.2. The predicted octanol–water partition coefficient (Wildman–Crippen LogP) is 1.20. The molecule has 3 N–H and O–H groups in total. The molecule has 1 aromatic rings. The van der Waals surface area contributed by atoms with Gasteiger partial charge in [0.1, 0.15) is 5.82 Å². The van der Waals surface area contributed by atoms with E-state index in [9.17, 15) is 9.59 Å². The summed E-state index contributed by atoms with van der Waals surface area (Å²) in [6.45, 7) is 9.57. The minimum absolute atomic E-state index is 0.0651. The number of aromatic amines is 1. The summed E-state index contributed by atoms with van der Waals surface area (Å²) in [7, 11) is 1.62. The average Bonchev–Trinajstić information content (AvgIpc) is 2.35. The average molecular weight is 294 g/mol. The lowest BCUT2D eigenvalue weighted by molar-refractivity contribution is -0.123. The molecule has 0 radical (unpaired) electrons. The molecule has 0 saturated carbocycles. The van der Waals surface area contributed by atoms with Crippen molar-refractivity contribution < 1.29 is 4.79 Å². The van der Waals surface area contributed by atoms with Crippen LogP contribution in [0.5, 0.6) is 0 Å². The van der Waals surface area contributed by atoms with Crippen molar-refractivity contribution in [1.82, 2.24) is 20.6 Å². The van der Waals surface area contributed by atoms with Crippen molar-refractivity contribution >= 4 is 5.91 Å². The third-order valence-corrected chi connectivity index (χ3v) is 3.42. The van der Waals surface area contributed by atoms with Crippen LogP contribution < -0.4 is 16.2 Å². The summed E-state index contributed by atoms with van der Waals surface area (Å²) in [5.41, 5.74) is 1.12. The van der Waals surface area contributed by atoms with Gasteiger partial charge in [0.2, 0.25) is 5.91 Å². The molecule has 6 heteroatoms. The Morgan fingerprint density at radius 2 is 1.90 bits per heavy atom. The predicted molar refractivity (Wildman–Crippen MR) is 83.2 cm³/mol. The van der Waals surface area contributed by atoms with Gasteiger partial charge in [0, 0.05) is 18.8 Å².